The molecule has 0 atom stereocenters. The number of carbonyl (C=O) groups excluding carboxylic acids is 2. The zero-order chi connectivity index (χ0) is 22.3. The molecular weight excluding hydrogens is 428 g/mol. The predicted molar refractivity (Wildman–Crippen MR) is 121 cm³/mol. The van der Waals surface area contributed by atoms with E-state index in [9.17, 15) is 9.59 Å². The van der Waals surface area contributed by atoms with Crippen molar-refractivity contribution in [3.05, 3.63) is 54.1 Å². The van der Waals surface area contributed by atoms with Gasteiger partial charge in [-0.05, 0) is 59.7 Å². The maximum atomic E-state index is 12.7. The Balaban J connectivity index is 1.38. The number of methoxy groups -OCH3 is 1. The van der Waals surface area contributed by atoms with Crippen molar-refractivity contribution in [3.8, 4) is 11.4 Å². The van der Waals surface area contributed by atoms with Crippen molar-refractivity contribution in [1.82, 2.24) is 25.5 Å². The quantitative estimate of drug-likeness (QED) is 0.505. The summed E-state index contributed by atoms with van der Waals surface area (Å²) in [6, 6.07) is 14.5. The van der Waals surface area contributed by atoms with E-state index < -0.39 is 0 Å². The Kier molecular flexibility index (Phi) is 7.00. The summed E-state index contributed by atoms with van der Waals surface area (Å²) in [7, 11) is 1.60. The van der Waals surface area contributed by atoms with Crippen molar-refractivity contribution >= 4 is 29.3 Å². The van der Waals surface area contributed by atoms with E-state index in [0.717, 1.165) is 37.1 Å². The Labute approximate surface area is 189 Å². The molecule has 0 aliphatic heterocycles. The number of benzene rings is 2. The number of anilines is 1. The molecule has 1 aliphatic carbocycles. The van der Waals surface area contributed by atoms with E-state index in [2.05, 4.69) is 26.2 Å². The summed E-state index contributed by atoms with van der Waals surface area (Å²) in [5.41, 5.74) is 1.71. The number of hydrogen-bond acceptors (Lipinski definition) is 7. The molecule has 0 saturated heterocycles. The fourth-order valence-corrected chi connectivity index (χ4v) is 4.29. The van der Waals surface area contributed by atoms with Crippen LogP contribution >= 0.6 is 11.8 Å². The van der Waals surface area contributed by atoms with Gasteiger partial charge in [0.15, 0.2) is 0 Å². The number of hydrogen-bond donors (Lipinski definition) is 2. The number of thioether (sulfide) groups is 1. The van der Waals surface area contributed by atoms with Crippen LogP contribution in [0, 0.1) is 0 Å². The van der Waals surface area contributed by atoms with Crippen LogP contribution < -0.4 is 15.4 Å². The fraction of sp³-hybridized carbons (Fsp3) is 0.318. The summed E-state index contributed by atoms with van der Waals surface area (Å²) in [5, 5.41) is 18.1. The number of nitrogens with one attached hydrogen (secondary N) is 2. The summed E-state index contributed by atoms with van der Waals surface area (Å²) in [4.78, 5) is 25.3. The Morgan fingerprint density at radius 2 is 1.88 bits per heavy atom. The predicted octanol–water partition coefficient (Wildman–Crippen LogP) is 3.07. The van der Waals surface area contributed by atoms with Crippen molar-refractivity contribution in [1.29, 1.82) is 0 Å². The number of para-hydroxylation sites is 1. The highest BCUT2D eigenvalue weighted by Gasteiger charge is 2.20. The van der Waals surface area contributed by atoms with Crippen molar-refractivity contribution in [2.45, 2.75) is 36.9 Å². The highest BCUT2D eigenvalue weighted by atomic mass is 32.2. The molecule has 0 spiro atoms. The lowest BCUT2D eigenvalue weighted by atomic mass is 10.1. The van der Waals surface area contributed by atoms with E-state index in [4.69, 9.17) is 4.74 Å². The van der Waals surface area contributed by atoms with Crippen LogP contribution in [-0.4, -0.2) is 50.9 Å². The van der Waals surface area contributed by atoms with Gasteiger partial charge in [0, 0.05) is 6.04 Å². The first-order valence-corrected chi connectivity index (χ1v) is 11.4. The maximum Gasteiger partial charge on any atom is 0.253 e. The van der Waals surface area contributed by atoms with Gasteiger partial charge in [-0.1, -0.05) is 36.7 Å². The van der Waals surface area contributed by atoms with Crippen molar-refractivity contribution in [3.63, 3.8) is 0 Å². The van der Waals surface area contributed by atoms with Gasteiger partial charge in [0.1, 0.15) is 5.75 Å². The molecule has 1 saturated carbocycles. The van der Waals surface area contributed by atoms with Gasteiger partial charge in [-0.15, -0.1) is 5.10 Å². The van der Waals surface area contributed by atoms with Crippen LogP contribution in [0.4, 0.5) is 5.69 Å². The van der Waals surface area contributed by atoms with Crippen LogP contribution in [0.15, 0.2) is 53.7 Å². The van der Waals surface area contributed by atoms with Crippen LogP contribution in [0.3, 0.4) is 0 Å². The molecule has 32 heavy (non-hydrogen) atoms. The average molecular weight is 453 g/mol. The highest BCUT2D eigenvalue weighted by molar-refractivity contribution is 7.99. The number of ether oxygens (including phenoxy) is 1. The summed E-state index contributed by atoms with van der Waals surface area (Å²) in [6.45, 7) is 0. The second kappa shape index (κ2) is 10.3. The molecule has 0 unspecified atom stereocenters. The molecule has 1 aromatic heterocycles. The van der Waals surface area contributed by atoms with Crippen LogP contribution in [0.25, 0.3) is 5.69 Å². The molecule has 166 valence electrons. The first kappa shape index (κ1) is 21.8. The number of amides is 2. The third-order valence-corrected chi connectivity index (χ3v) is 6.15. The molecule has 0 bridgehead atoms. The van der Waals surface area contributed by atoms with E-state index in [-0.39, 0.29) is 23.6 Å². The third kappa shape index (κ3) is 5.25. The van der Waals surface area contributed by atoms with E-state index in [1.807, 2.05) is 24.3 Å². The van der Waals surface area contributed by atoms with Crippen molar-refractivity contribution in [2.75, 3.05) is 18.2 Å². The number of tetrazole rings is 1. The highest BCUT2D eigenvalue weighted by Crippen LogP contribution is 2.22. The van der Waals surface area contributed by atoms with Gasteiger partial charge in [0.2, 0.25) is 11.1 Å². The van der Waals surface area contributed by atoms with Crippen LogP contribution in [0.2, 0.25) is 0 Å². The van der Waals surface area contributed by atoms with E-state index >= 15 is 0 Å². The lowest BCUT2D eigenvalue weighted by Gasteiger charge is -2.15. The molecule has 10 heteroatoms. The van der Waals surface area contributed by atoms with Gasteiger partial charge in [0.25, 0.3) is 5.91 Å². The average Bonchev–Trinajstić information content (AvgIpc) is 3.50. The Hall–Kier alpha value is -3.40. The molecule has 2 aromatic carbocycles. The van der Waals surface area contributed by atoms with Gasteiger partial charge in [-0.2, -0.15) is 4.68 Å². The van der Waals surface area contributed by atoms with Crippen LogP contribution in [0.5, 0.6) is 5.75 Å². The summed E-state index contributed by atoms with van der Waals surface area (Å²) >= 11 is 1.21. The molecular formula is C22H24N6O3S. The van der Waals surface area contributed by atoms with Gasteiger partial charge < -0.3 is 15.4 Å². The topological polar surface area (TPSA) is 111 Å². The summed E-state index contributed by atoms with van der Waals surface area (Å²) in [5.74, 6) is 0.407. The van der Waals surface area contributed by atoms with E-state index in [0.29, 0.717) is 16.4 Å². The standard InChI is InChI=1S/C22H24N6O3S/c1-31-17-12-10-16(11-13-17)28-22(25-26-27-28)32-14-20(29)24-19-9-5-4-8-18(19)21(30)23-15-6-2-3-7-15/h4-5,8-13,15H,2-3,6-7,14H2,1H3,(H,23,30)(H,24,29). The zero-order valence-corrected chi connectivity index (χ0v) is 18.5. The fourth-order valence-electron chi connectivity index (χ4n) is 3.59. The van der Waals surface area contributed by atoms with Crippen LogP contribution in [-0.2, 0) is 4.79 Å². The largest absolute Gasteiger partial charge is 0.497 e. The van der Waals surface area contributed by atoms with E-state index in [1.54, 1.807) is 36.1 Å². The SMILES string of the molecule is COc1ccc(-n2nnnc2SCC(=O)Nc2ccccc2C(=O)NC2CCCC2)cc1. The molecule has 0 radical (unpaired) electrons. The number of aromatic nitrogens is 4. The Bertz CT molecular complexity index is 1080. The zero-order valence-electron chi connectivity index (χ0n) is 17.7. The van der Waals surface area contributed by atoms with E-state index in [1.165, 1.54) is 11.8 Å². The number of carbonyl (C=O) groups is 2. The summed E-state index contributed by atoms with van der Waals surface area (Å²) in [6.07, 6.45) is 4.27. The molecule has 1 heterocycles. The second-order valence-corrected chi connectivity index (χ2v) is 8.35. The number of nitrogens with zero attached hydrogens (tertiary/aromatic N) is 4. The second-order valence-electron chi connectivity index (χ2n) is 7.41. The van der Waals surface area contributed by atoms with Gasteiger partial charge in [-0.3, -0.25) is 9.59 Å². The van der Waals surface area contributed by atoms with Gasteiger partial charge in [0.05, 0.1) is 29.8 Å². The molecule has 2 amide bonds. The molecule has 1 aliphatic rings. The normalized spacial score (nSPS) is 13.7. The lowest BCUT2D eigenvalue weighted by molar-refractivity contribution is -0.113. The monoisotopic (exact) mass is 452 g/mol. The van der Waals surface area contributed by atoms with Gasteiger partial charge >= 0.3 is 0 Å². The van der Waals surface area contributed by atoms with Gasteiger partial charge in [-0.25, -0.2) is 0 Å². The smallest absolute Gasteiger partial charge is 0.253 e. The first-order chi connectivity index (χ1) is 15.6. The lowest BCUT2D eigenvalue weighted by Crippen LogP contribution is -2.33. The van der Waals surface area contributed by atoms with Crippen molar-refractivity contribution < 1.29 is 14.3 Å². The molecule has 4 rings (SSSR count). The summed E-state index contributed by atoms with van der Waals surface area (Å²) < 4.78 is 6.72. The molecule has 9 nitrogen and oxygen atoms in total. The molecule has 3 aromatic rings. The Morgan fingerprint density at radius 1 is 1.12 bits per heavy atom. The Morgan fingerprint density at radius 3 is 2.62 bits per heavy atom. The number of rotatable bonds is 8. The molecule has 2 N–H and O–H groups in total. The third-order valence-electron chi connectivity index (χ3n) is 5.23. The minimum Gasteiger partial charge on any atom is -0.497 e. The first-order valence-electron chi connectivity index (χ1n) is 10.4. The molecule has 1 fully saturated rings. The maximum absolute atomic E-state index is 12.7. The minimum absolute atomic E-state index is 0.0924. The minimum atomic E-state index is -0.250. The van der Waals surface area contributed by atoms with Crippen molar-refractivity contribution in [2.24, 2.45) is 0 Å². The van der Waals surface area contributed by atoms with Crippen LogP contribution in [0.1, 0.15) is 36.0 Å².